The van der Waals surface area contributed by atoms with Gasteiger partial charge >= 0.3 is 0 Å². The molecule has 2 rings (SSSR count). The molecule has 1 atom stereocenters. The fourth-order valence-electron chi connectivity index (χ4n) is 2.19. The smallest absolute Gasteiger partial charge is 0.242 e. The topological polar surface area (TPSA) is 74.0 Å². The minimum atomic E-state index is -3.39. The quantitative estimate of drug-likeness (QED) is 0.715. The van der Waals surface area contributed by atoms with Crippen molar-refractivity contribution in [3.63, 3.8) is 0 Å². The van der Waals surface area contributed by atoms with Crippen molar-refractivity contribution < 1.29 is 8.42 Å². The second-order valence-electron chi connectivity index (χ2n) is 4.98. The normalized spacial score (nSPS) is 20.1. The zero-order valence-corrected chi connectivity index (χ0v) is 13.4. The highest BCUT2D eigenvalue weighted by atomic mass is 32.2. The van der Waals surface area contributed by atoms with Crippen LogP contribution in [0, 0.1) is 0 Å². The molecule has 1 aromatic rings. The number of H-pyrrole nitrogens is 1. The lowest BCUT2D eigenvalue weighted by molar-refractivity contribution is 0.574. The number of rotatable bonds is 7. The lowest BCUT2D eigenvalue weighted by atomic mass is 10.2. The summed E-state index contributed by atoms with van der Waals surface area (Å²) in [4.78, 5) is 3.32. The molecule has 1 unspecified atom stereocenters. The van der Waals surface area contributed by atoms with Crippen LogP contribution < -0.4 is 10.0 Å². The van der Waals surface area contributed by atoms with E-state index < -0.39 is 10.0 Å². The van der Waals surface area contributed by atoms with Crippen LogP contribution in [0.4, 0.5) is 0 Å². The van der Waals surface area contributed by atoms with Crippen LogP contribution in [0.1, 0.15) is 31.9 Å². The predicted octanol–water partition coefficient (Wildman–Crippen LogP) is 1.69. The molecule has 0 aliphatic carbocycles. The fraction of sp³-hybridized carbons (Fsp3) is 0.692. The Morgan fingerprint density at radius 2 is 2.30 bits per heavy atom. The molecular weight excluding hydrogens is 294 g/mol. The molecule has 1 aromatic heterocycles. The Morgan fingerprint density at radius 3 is 3.00 bits per heavy atom. The highest BCUT2D eigenvalue weighted by molar-refractivity contribution is 8.00. The van der Waals surface area contributed by atoms with Crippen molar-refractivity contribution in [2.24, 2.45) is 0 Å². The zero-order valence-electron chi connectivity index (χ0n) is 11.8. The lowest BCUT2D eigenvalue weighted by Crippen LogP contribution is -2.31. The third-order valence-corrected chi connectivity index (χ3v) is 6.17. The number of nitrogens with one attached hydrogen (secondary N) is 3. The highest BCUT2D eigenvalue weighted by Gasteiger charge is 2.20. The van der Waals surface area contributed by atoms with E-state index in [1.807, 2.05) is 18.7 Å². The molecule has 5 nitrogen and oxygen atoms in total. The second kappa shape index (κ2) is 7.49. The van der Waals surface area contributed by atoms with Gasteiger partial charge in [-0.15, -0.1) is 0 Å². The van der Waals surface area contributed by atoms with Crippen molar-refractivity contribution in [1.82, 2.24) is 15.0 Å². The maximum Gasteiger partial charge on any atom is 0.242 e. The molecule has 0 amide bonds. The van der Waals surface area contributed by atoms with E-state index in [0.717, 1.165) is 24.4 Å². The number of aromatic nitrogens is 1. The number of sulfonamides is 1. The van der Waals surface area contributed by atoms with Crippen molar-refractivity contribution in [2.45, 2.75) is 42.9 Å². The number of thioether (sulfide) groups is 1. The molecule has 2 heterocycles. The van der Waals surface area contributed by atoms with E-state index in [4.69, 9.17) is 0 Å². The molecule has 1 aliphatic rings. The van der Waals surface area contributed by atoms with Crippen LogP contribution in [-0.2, 0) is 16.6 Å². The van der Waals surface area contributed by atoms with Crippen molar-refractivity contribution in [3.05, 3.63) is 18.0 Å². The van der Waals surface area contributed by atoms with Gasteiger partial charge in [-0.05, 0) is 31.2 Å². The summed E-state index contributed by atoms with van der Waals surface area (Å²) < 4.78 is 27.1. The van der Waals surface area contributed by atoms with Crippen LogP contribution in [0.5, 0.6) is 0 Å². The summed E-state index contributed by atoms with van der Waals surface area (Å²) in [5.74, 6) is 1.14. The molecule has 1 aliphatic heterocycles. The Bertz CT molecular complexity index is 507. The molecule has 1 saturated heterocycles. The standard InChI is InChI=1S/C13H23N3O2S2/c1-2-14-8-11-7-13(10-15-11)20(17,18)16-9-12-5-3-4-6-19-12/h7,10,12,14-16H,2-6,8-9H2,1H3. The van der Waals surface area contributed by atoms with E-state index >= 15 is 0 Å². The van der Waals surface area contributed by atoms with Crippen LogP contribution >= 0.6 is 11.8 Å². The zero-order chi connectivity index (χ0) is 14.4. The Labute approximate surface area is 125 Å². The summed E-state index contributed by atoms with van der Waals surface area (Å²) >= 11 is 1.87. The summed E-state index contributed by atoms with van der Waals surface area (Å²) in [7, 11) is -3.39. The Kier molecular flexibility index (Phi) is 5.95. The Hall–Kier alpha value is -0.500. The van der Waals surface area contributed by atoms with E-state index in [0.29, 0.717) is 23.2 Å². The summed E-state index contributed by atoms with van der Waals surface area (Å²) in [6.45, 7) is 4.06. The number of hydrogen-bond donors (Lipinski definition) is 3. The third kappa shape index (κ3) is 4.51. The minimum absolute atomic E-state index is 0.325. The van der Waals surface area contributed by atoms with Gasteiger partial charge in [0.1, 0.15) is 0 Å². The van der Waals surface area contributed by atoms with Gasteiger partial charge in [-0.2, -0.15) is 11.8 Å². The molecule has 114 valence electrons. The average Bonchev–Trinajstić information content (AvgIpc) is 2.94. The number of hydrogen-bond acceptors (Lipinski definition) is 4. The van der Waals surface area contributed by atoms with Gasteiger partial charge in [0, 0.05) is 30.2 Å². The third-order valence-electron chi connectivity index (χ3n) is 3.37. The molecule has 0 bridgehead atoms. The van der Waals surface area contributed by atoms with Gasteiger partial charge in [0.25, 0.3) is 0 Å². The fourth-order valence-corrected chi connectivity index (χ4v) is 4.63. The van der Waals surface area contributed by atoms with E-state index in [1.54, 1.807) is 12.3 Å². The molecule has 0 saturated carbocycles. The highest BCUT2D eigenvalue weighted by Crippen LogP contribution is 2.24. The average molecular weight is 317 g/mol. The van der Waals surface area contributed by atoms with Gasteiger partial charge in [-0.3, -0.25) is 0 Å². The van der Waals surface area contributed by atoms with Gasteiger partial charge in [0.2, 0.25) is 10.0 Å². The molecular formula is C13H23N3O2S2. The maximum absolute atomic E-state index is 12.2. The summed E-state index contributed by atoms with van der Waals surface area (Å²) in [5.41, 5.74) is 0.888. The van der Waals surface area contributed by atoms with Crippen molar-refractivity contribution in [1.29, 1.82) is 0 Å². The predicted molar refractivity (Wildman–Crippen MR) is 83.5 cm³/mol. The molecule has 0 spiro atoms. The first kappa shape index (κ1) is 15.9. The Balaban J connectivity index is 1.90. The molecule has 1 fully saturated rings. The first-order valence-corrected chi connectivity index (χ1v) is 9.64. The monoisotopic (exact) mass is 317 g/mol. The van der Waals surface area contributed by atoms with Gasteiger partial charge in [-0.25, -0.2) is 13.1 Å². The van der Waals surface area contributed by atoms with Crippen molar-refractivity contribution in [3.8, 4) is 0 Å². The van der Waals surface area contributed by atoms with Crippen LogP contribution in [0.2, 0.25) is 0 Å². The minimum Gasteiger partial charge on any atom is -0.363 e. The molecule has 0 radical (unpaired) electrons. The first-order valence-electron chi connectivity index (χ1n) is 7.11. The Morgan fingerprint density at radius 1 is 1.45 bits per heavy atom. The summed E-state index contributed by atoms with van der Waals surface area (Å²) in [6.07, 6.45) is 5.12. The number of aromatic amines is 1. The van der Waals surface area contributed by atoms with Crippen LogP contribution in [0.15, 0.2) is 17.2 Å². The van der Waals surface area contributed by atoms with Gasteiger partial charge in [-0.1, -0.05) is 13.3 Å². The van der Waals surface area contributed by atoms with Gasteiger partial charge in [0.15, 0.2) is 0 Å². The van der Waals surface area contributed by atoms with Crippen LogP contribution in [0.3, 0.4) is 0 Å². The molecule has 0 aromatic carbocycles. The van der Waals surface area contributed by atoms with Gasteiger partial charge in [0.05, 0.1) is 4.90 Å². The van der Waals surface area contributed by atoms with E-state index in [2.05, 4.69) is 15.0 Å². The largest absolute Gasteiger partial charge is 0.363 e. The van der Waals surface area contributed by atoms with E-state index in [1.165, 1.54) is 12.8 Å². The maximum atomic E-state index is 12.2. The van der Waals surface area contributed by atoms with Crippen LogP contribution in [-0.4, -0.2) is 37.5 Å². The van der Waals surface area contributed by atoms with Crippen molar-refractivity contribution in [2.75, 3.05) is 18.8 Å². The summed E-state index contributed by atoms with van der Waals surface area (Å²) in [6, 6.07) is 1.69. The molecule has 3 N–H and O–H groups in total. The second-order valence-corrected chi connectivity index (χ2v) is 8.16. The van der Waals surface area contributed by atoms with Crippen LogP contribution in [0.25, 0.3) is 0 Å². The molecule has 7 heteroatoms. The van der Waals surface area contributed by atoms with E-state index in [9.17, 15) is 8.42 Å². The summed E-state index contributed by atoms with van der Waals surface area (Å²) in [5, 5.41) is 3.58. The molecule has 20 heavy (non-hydrogen) atoms. The SMILES string of the molecule is CCNCc1cc(S(=O)(=O)NCC2CCCCS2)c[nH]1. The van der Waals surface area contributed by atoms with Crippen molar-refractivity contribution >= 4 is 21.8 Å². The van der Waals surface area contributed by atoms with E-state index in [-0.39, 0.29) is 0 Å². The lowest BCUT2D eigenvalue weighted by Gasteiger charge is -2.21. The first-order chi connectivity index (χ1) is 9.62. The van der Waals surface area contributed by atoms with Gasteiger partial charge < -0.3 is 10.3 Å².